The molecule has 12 aromatic carbocycles. The van der Waals surface area contributed by atoms with Crippen LogP contribution in [0.2, 0.25) is 0 Å². The summed E-state index contributed by atoms with van der Waals surface area (Å²) in [7, 11) is 0. The highest BCUT2D eigenvalue weighted by molar-refractivity contribution is 7.22. The number of nitrogens with zero attached hydrogens (tertiary/aromatic N) is 2. The molecule has 0 saturated heterocycles. The summed E-state index contributed by atoms with van der Waals surface area (Å²) in [4.78, 5) is 6.40. The summed E-state index contributed by atoms with van der Waals surface area (Å²) < 4.78 is 1.30. The molecule has 1 atom stereocenters. The highest BCUT2D eigenvalue weighted by Gasteiger charge is 2.55. The molecule has 2 aliphatic rings. The van der Waals surface area contributed by atoms with Gasteiger partial charge in [-0.05, 0) is 120 Å². The Bertz CT molecular complexity index is 4270. The van der Waals surface area contributed by atoms with E-state index in [1.54, 1.807) is 0 Å². The van der Waals surface area contributed by atoms with E-state index in [1.807, 2.05) is 11.3 Å². The molecule has 0 saturated carbocycles. The van der Waals surface area contributed by atoms with Crippen molar-refractivity contribution in [2.24, 2.45) is 0 Å². The zero-order valence-corrected chi connectivity index (χ0v) is 38.9. The van der Waals surface area contributed by atoms with Gasteiger partial charge in [0.05, 0.1) is 28.2 Å². The molecule has 13 aromatic rings. The van der Waals surface area contributed by atoms with Crippen LogP contribution in [0.1, 0.15) is 22.3 Å². The zero-order chi connectivity index (χ0) is 45.9. The average molecular weight is 907 g/mol. The van der Waals surface area contributed by atoms with Gasteiger partial charge in [-0.2, -0.15) is 0 Å². The van der Waals surface area contributed by atoms with Gasteiger partial charge in [0, 0.05) is 42.9 Å². The Kier molecular flexibility index (Phi) is 8.48. The smallest absolute Gasteiger partial charge is 0.0741 e. The van der Waals surface area contributed by atoms with Gasteiger partial charge < -0.3 is 9.80 Å². The number of thiophene rings is 1. The van der Waals surface area contributed by atoms with Crippen LogP contribution < -0.4 is 9.80 Å². The fraction of sp³-hybridized carbons (Fsp3) is 0.0149. The maximum Gasteiger partial charge on any atom is 0.0741 e. The number of rotatable bonds is 6. The molecular formula is C67H42N2S. The van der Waals surface area contributed by atoms with E-state index in [0.717, 1.165) is 28.4 Å². The van der Waals surface area contributed by atoms with Crippen molar-refractivity contribution >= 4 is 98.6 Å². The van der Waals surface area contributed by atoms with E-state index in [2.05, 4.69) is 265 Å². The molecule has 0 aliphatic heterocycles. The molecule has 0 bridgehead atoms. The number of hydrogen-bond acceptors (Lipinski definition) is 3. The minimum absolute atomic E-state index is 0.621. The van der Waals surface area contributed by atoms with Crippen molar-refractivity contribution < 1.29 is 0 Å². The van der Waals surface area contributed by atoms with Crippen LogP contribution in [0.3, 0.4) is 0 Å². The van der Waals surface area contributed by atoms with Crippen LogP contribution in [0, 0.1) is 0 Å². The molecule has 1 heterocycles. The Hall–Kier alpha value is -8.76. The van der Waals surface area contributed by atoms with Gasteiger partial charge in [0.2, 0.25) is 0 Å². The molecule has 326 valence electrons. The van der Waals surface area contributed by atoms with Gasteiger partial charge in [-0.1, -0.05) is 200 Å². The lowest BCUT2D eigenvalue weighted by Gasteiger charge is -2.33. The standard InChI is InChI=1S/C67H42N2S/c1-3-23-45(24-4-1)68(60-41-43-21-7-9-27-47(43)49-29-11-13-31-51(49)60)58-38-19-36-56-63(58)53-33-15-17-35-55(53)67(56)57-37-20-39-59(64(57)66-65(67)54-34-16-18-40-62(54)70-66)69(46-25-5-2-6-26-46)61-42-44-22-8-10-28-48(44)50-30-12-14-32-52(50)61/h1-42H. The normalized spacial score (nSPS) is 14.3. The SMILES string of the molecule is c1ccc(N(c2cccc3c2-c2ccccc2C32c3cccc(N(c4ccccc4)c4cc5ccccc5c5ccccc45)c3-c3sc4ccccc4c32)c2cc3ccccc3c3ccccc23)cc1. The first-order valence-electron chi connectivity index (χ1n) is 24.2. The molecule has 1 unspecified atom stereocenters. The fourth-order valence-corrected chi connectivity index (χ4v) is 13.8. The van der Waals surface area contributed by atoms with E-state index in [0.29, 0.717) is 0 Å². The predicted molar refractivity (Wildman–Crippen MR) is 298 cm³/mol. The maximum absolute atomic E-state index is 2.54. The van der Waals surface area contributed by atoms with E-state index in [4.69, 9.17) is 0 Å². The third-order valence-corrected chi connectivity index (χ3v) is 16.4. The molecule has 1 aromatic heterocycles. The molecule has 1 spiro atoms. The molecule has 0 fully saturated rings. The first-order chi connectivity index (χ1) is 34.8. The fourth-order valence-electron chi connectivity index (χ4n) is 12.5. The number of anilines is 6. The van der Waals surface area contributed by atoms with Crippen molar-refractivity contribution in [1.82, 2.24) is 0 Å². The summed E-state index contributed by atoms with van der Waals surface area (Å²) in [5, 5.41) is 11.2. The van der Waals surface area contributed by atoms with E-state index in [-0.39, 0.29) is 0 Å². The predicted octanol–water partition coefficient (Wildman–Crippen LogP) is 18.8. The van der Waals surface area contributed by atoms with E-state index in [9.17, 15) is 0 Å². The number of benzene rings is 12. The highest BCUT2D eigenvalue weighted by atomic mass is 32.1. The van der Waals surface area contributed by atoms with Crippen molar-refractivity contribution in [3.8, 4) is 21.6 Å². The zero-order valence-electron chi connectivity index (χ0n) is 38.1. The molecule has 2 nitrogen and oxygen atoms in total. The third-order valence-electron chi connectivity index (χ3n) is 15.2. The van der Waals surface area contributed by atoms with Crippen LogP contribution in [0.4, 0.5) is 34.1 Å². The highest BCUT2D eigenvalue weighted by Crippen LogP contribution is 2.69. The van der Waals surface area contributed by atoms with Crippen molar-refractivity contribution in [2.45, 2.75) is 5.41 Å². The van der Waals surface area contributed by atoms with Crippen LogP contribution in [-0.4, -0.2) is 0 Å². The minimum Gasteiger partial charge on any atom is -0.309 e. The van der Waals surface area contributed by atoms with Crippen LogP contribution >= 0.6 is 11.3 Å². The number of para-hydroxylation sites is 2. The van der Waals surface area contributed by atoms with Crippen molar-refractivity contribution in [2.75, 3.05) is 9.80 Å². The summed E-state index contributed by atoms with van der Waals surface area (Å²) in [6.07, 6.45) is 0. The lowest BCUT2D eigenvalue weighted by molar-refractivity contribution is 0.802. The molecule has 0 radical (unpaired) electrons. The molecule has 15 rings (SSSR count). The quantitative estimate of drug-likeness (QED) is 0.153. The largest absolute Gasteiger partial charge is 0.309 e. The van der Waals surface area contributed by atoms with Crippen LogP contribution in [0.5, 0.6) is 0 Å². The van der Waals surface area contributed by atoms with Gasteiger partial charge in [0.25, 0.3) is 0 Å². The van der Waals surface area contributed by atoms with E-state index >= 15 is 0 Å². The molecule has 70 heavy (non-hydrogen) atoms. The maximum atomic E-state index is 2.54. The minimum atomic E-state index is -0.621. The molecule has 2 aliphatic carbocycles. The van der Waals surface area contributed by atoms with Crippen LogP contribution in [0.25, 0.3) is 74.7 Å². The Labute approximate surface area is 410 Å². The number of fused-ring (bicyclic) bond motifs is 18. The van der Waals surface area contributed by atoms with Gasteiger partial charge in [-0.15, -0.1) is 11.3 Å². The monoisotopic (exact) mass is 906 g/mol. The molecule has 0 amide bonds. The summed E-state index contributed by atoms with van der Waals surface area (Å²) in [6, 6.07) is 94.9. The van der Waals surface area contributed by atoms with Crippen LogP contribution in [-0.2, 0) is 5.41 Å². The lowest BCUT2D eigenvalue weighted by atomic mass is 9.70. The van der Waals surface area contributed by atoms with E-state index in [1.165, 1.54) is 103 Å². The van der Waals surface area contributed by atoms with Gasteiger partial charge in [0.15, 0.2) is 0 Å². The summed E-state index contributed by atoms with van der Waals surface area (Å²) >= 11 is 1.94. The van der Waals surface area contributed by atoms with Gasteiger partial charge in [0.1, 0.15) is 0 Å². The lowest BCUT2D eigenvalue weighted by Crippen LogP contribution is -2.26. The van der Waals surface area contributed by atoms with Crippen molar-refractivity contribution in [3.05, 3.63) is 277 Å². The second-order valence-corrected chi connectivity index (χ2v) is 19.7. The Morgan fingerprint density at radius 3 is 1.31 bits per heavy atom. The van der Waals surface area contributed by atoms with Crippen molar-refractivity contribution in [3.63, 3.8) is 0 Å². The van der Waals surface area contributed by atoms with Crippen molar-refractivity contribution in [1.29, 1.82) is 0 Å². The van der Waals surface area contributed by atoms with Gasteiger partial charge in [-0.25, -0.2) is 0 Å². The first-order valence-corrected chi connectivity index (χ1v) is 25.0. The topological polar surface area (TPSA) is 6.48 Å². The Morgan fingerprint density at radius 2 is 0.729 bits per heavy atom. The van der Waals surface area contributed by atoms with Gasteiger partial charge in [-0.3, -0.25) is 0 Å². The van der Waals surface area contributed by atoms with Gasteiger partial charge >= 0.3 is 0 Å². The summed E-state index contributed by atoms with van der Waals surface area (Å²) in [6.45, 7) is 0. The molecule has 0 N–H and O–H groups in total. The summed E-state index contributed by atoms with van der Waals surface area (Å²) in [5.41, 5.74) is 15.4. The second-order valence-electron chi connectivity index (χ2n) is 18.7. The average Bonchev–Trinajstić information content (AvgIpc) is 4.06. The summed E-state index contributed by atoms with van der Waals surface area (Å²) in [5.74, 6) is 0. The van der Waals surface area contributed by atoms with E-state index < -0.39 is 5.41 Å². The first kappa shape index (κ1) is 39.3. The Morgan fingerprint density at radius 1 is 0.300 bits per heavy atom. The molecule has 3 heteroatoms. The van der Waals surface area contributed by atoms with Crippen LogP contribution in [0.15, 0.2) is 255 Å². The molecular weight excluding hydrogens is 865 g/mol. The third kappa shape index (κ3) is 5.38. The number of hydrogen-bond donors (Lipinski definition) is 0. The second kappa shape index (κ2) is 15.1. The Balaban J connectivity index is 1.06.